The molecule has 0 aliphatic heterocycles. The summed E-state index contributed by atoms with van der Waals surface area (Å²) in [5.74, 6) is 0.835. The average Bonchev–Trinajstić information content (AvgIpc) is 2.66. The fraction of sp³-hybridized carbons (Fsp3) is 0.438. The third-order valence-corrected chi connectivity index (χ3v) is 3.90. The number of hydrogen-bond donors (Lipinski definition) is 1. The van der Waals surface area contributed by atoms with E-state index in [4.69, 9.17) is 10.5 Å². The predicted octanol–water partition coefficient (Wildman–Crippen LogP) is 2.83. The first-order chi connectivity index (χ1) is 9.43. The average molecular weight is 273 g/mol. The highest BCUT2D eigenvalue weighted by molar-refractivity contribution is 5.39. The second kappa shape index (κ2) is 5.67. The van der Waals surface area contributed by atoms with Gasteiger partial charge in [0.05, 0.1) is 25.4 Å². The summed E-state index contributed by atoms with van der Waals surface area (Å²) >= 11 is 0. The van der Waals surface area contributed by atoms with Crippen molar-refractivity contribution in [1.82, 2.24) is 9.78 Å². The Morgan fingerprint density at radius 1 is 1.25 bits per heavy atom. The molecule has 0 spiro atoms. The van der Waals surface area contributed by atoms with Crippen molar-refractivity contribution in [2.45, 2.75) is 40.3 Å². The predicted molar refractivity (Wildman–Crippen MR) is 81.1 cm³/mol. The Balaban J connectivity index is 2.30. The SMILES string of the molecule is COc1ccc(C)cc1C(N)Cn1nc(C)c(C)c1C. The molecule has 2 N–H and O–H groups in total. The van der Waals surface area contributed by atoms with E-state index in [-0.39, 0.29) is 6.04 Å². The van der Waals surface area contributed by atoms with Gasteiger partial charge in [0, 0.05) is 11.3 Å². The molecule has 1 atom stereocenters. The molecule has 4 nitrogen and oxygen atoms in total. The second-order valence-corrected chi connectivity index (χ2v) is 5.33. The topological polar surface area (TPSA) is 53.1 Å². The standard InChI is InChI=1S/C16H23N3O/c1-10-6-7-16(20-5)14(8-10)15(17)9-19-13(4)11(2)12(3)18-19/h6-8,15H,9,17H2,1-5H3. The number of rotatable bonds is 4. The second-order valence-electron chi connectivity index (χ2n) is 5.33. The van der Waals surface area contributed by atoms with E-state index in [1.807, 2.05) is 23.7 Å². The lowest BCUT2D eigenvalue weighted by atomic mass is 10.0. The Labute approximate surface area is 120 Å². The van der Waals surface area contributed by atoms with Crippen molar-refractivity contribution in [3.8, 4) is 5.75 Å². The van der Waals surface area contributed by atoms with Gasteiger partial charge in [0.1, 0.15) is 5.75 Å². The van der Waals surface area contributed by atoms with E-state index in [1.54, 1.807) is 7.11 Å². The maximum Gasteiger partial charge on any atom is 0.123 e. The van der Waals surface area contributed by atoms with Crippen molar-refractivity contribution < 1.29 is 4.74 Å². The number of hydrogen-bond acceptors (Lipinski definition) is 3. The number of aryl methyl sites for hydroxylation is 2. The van der Waals surface area contributed by atoms with Gasteiger partial charge < -0.3 is 10.5 Å². The van der Waals surface area contributed by atoms with E-state index in [9.17, 15) is 0 Å². The summed E-state index contributed by atoms with van der Waals surface area (Å²) in [6.07, 6.45) is 0. The Bertz CT molecular complexity index is 616. The normalized spacial score (nSPS) is 12.5. The van der Waals surface area contributed by atoms with Crippen LogP contribution in [-0.4, -0.2) is 16.9 Å². The molecule has 0 fully saturated rings. The molecular weight excluding hydrogens is 250 g/mol. The van der Waals surface area contributed by atoms with Crippen LogP contribution in [0.2, 0.25) is 0 Å². The Morgan fingerprint density at radius 2 is 1.95 bits per heavy atom. The van der Waals surface area contributed by atoms with E-state index < -0.39 is 0 Å². The molecule has 2 rings (SSSR count). The first-order valence-corrected chi connectivity index (χ1v) is 6.84. The number of nitrogens with zero attached hydrogens (tertiary/aromatic N) is 2. The van der Waals surface area contributed by atoms with E-state index >= 15 is 0 Å². The van der Waals surface area contributed by atoms with Crippen molar-refractivity contribution in [2.75, 3.05) is 7.11 Å². The van der Waals surface area contributed by atoms with Crippen molar-refractivity contribution >= 4 is 0 Å². The van der Waals surface area contributed by atoms with Gasteiger partial charge in [-0.1, -0.05) is 17.7 Å². The lowest BCUT2D eigenvalue weighted by molar-refractivity contribution is 0.399. The van der Waals surface area contributed by atoms with E-state index in [2.05, 4.69) is 31.9 Å². The monoisotopic (exact) mass is 273 g/mol. The Morgan fingerprint density at radius 3 is 2.50 bits per heavy atom. The highest BCUT2D eigenvalue weighted by atomic mass is 16.5. The minimum atomic E-state index is -0.137. The van der Waals surface area contributed by atoms with Crippen LogP contribution in [0.15, 0.2) is 18.2 Å². The molecule has 108 valence electrons. The molecule has 2 aromatic rings. The van der Waals surface area contributed by atoms with Crippen LogP contribution in [0, 0.1) is 27.7 Å². The van der Waals surface area contributed by atoms with E-state index in [0.29, 0.717) is 6.54 Å². The summed E-state index contributed by atoms with van der Waals surface area (Å²) in [5, 5.41) is 4.55. The molecule has 0 saturated heterocycles. The molecule has 1 unspecified atom stereocenters. The molecule has 20 heavy (non-hydrogen) atoms. The van der Waals surface area contributed by atoms with Crippen molar-refractivity contribution in [1.29, 1.82) is 0 Å². The van der Waals surface area contributed by atoms with Crippen LogP contribution in [0.4, 0.5) is 0 Å². The first kappa shape index (κ1) is 14.6. The fourth-order valence-electron chi connectivity index (χ4n) is 2.39. The van der Waals surface area contributed by atoms with Crippen LogP contribution >= 0.6 is 0 Å². The van der Waals surface area contributed by atoms with Gasteiger partial charge >= 0.3 is 0 Å². The minimum absolute atomic E-state index is 0.137. The van der Waals surface area contributed by atoms with E-state index in [1.165, 1.54) is 16.8 Å². The van der Waals surface area contributed by atoms with Crippen LogP contribution in [0.25, 0.3) is 0 Å². The number of nitrogens with two attached hydrogens (primary N) is 1. The zero-order chi connectivity index (χ0) is 14.9. The highest BCUT2D eigenvalue weighted by Gasteiger charge is 2.15. The lowest BCUT2D eigenvalue weighted by Crippen LogP contribution is -2.20. The molecular formula is C16H23N3O. The van der Waals surface area contributed by atoms with Gasteiger partial charge in [0.25, 0.3) is 0 Å². The van der Waals surface area contributed by atoms with Gasteiger partial charge in [-0.15, -0.1) is 0 Å². The molecule has 1 aromatic carbocycles. The molecule has 0 saturated carbocycles. The van der Waals surface area contributed by atoms with Crippen molar-refractivity contribution in [2.24, 2.45) is 5.73 Å². The maximum absolute atomic E-state index is 6.36. The molecule has 1 heterocycles. The van der Waals surface area contributed by atoms with Crippen LogP contribution in [0.5, 0.6) is 5.75 Å². The summed E-state index contributed by atoms with van der Waals surface area (Å²) in [6, 6.07) is 5.95. The molecule has 0 radical (unpaired) electrons. The molecule has 0 bridgehead atoms. The van der Waals surface area contributed by atoms with Crippen LogP contribution in [0.3, 0.4) is 0 Å². The van der Waals surface area contributed by atoms with Gasteiger partial charge in [-0.3, -0.25) is 4.68 Å². The molecule has 0 amide bonds. The minimum Gasteiger partial charge on any atom is -0.496 e. The quantitative estimate of drug-likeness (QED) is 0.932. The molecule has 1 aromatic heterocycles. The van der Waals surface area contributed by atoms with Crippen LogP contribution in [-0.2, 0) is 6.54 Å². The zero-order valence-corrected chi connectivity index (χ0v) is 12.9. The molecule has 0 aliphatic rings. The summed E-state index contributed by atoms with van der Waals surface area (Å²) in [6.45, 7) is 8.91. The highest BCUT2D eigenvalue weighted by Crippen LogP contribution is 2.26. The summed E-state index contributed by atoms with van der Waals surface area (Å²) in [7, 11) is 1.67. The summed E-state index contributed by atoms with van der Waals surface area (Å²) in [5.41, 5.74) is 12.0. The zero-order valence-electron chi connectivity index (χ0n) is 12.9. The maximum atomic E-state index is 6.36. The van der Waals surface area contributed by atoms with Gasteiger partial charge in [-0.25, -0.2) is 0 Å². The smallest absolute Gasteiger partial charge is 0.123 e. The number of ether oxygens (including phenoxy) is 1. The first-order valence-electron chi connectivity index (χ1n) is 6.84. The van der Waals surface area contributed by atoms with Gasteiger partial charge in [0.15, 0.2) is 0 Å². The third-order valence-electron chi connectivity index (χ3n) is 3.90. The summed E-state index contributed by atoms with van der Waals surface area (Å²) < 4.78 is 7.39. The number of methoxy groups -OCH3 is 1. The van der Waals surface area contributed by atoms with Crippen molar-refractivity contribution in [3.63, 3.8) is 0 Å². The van der Waals surface area contributed by atoms with Crippen molar-refractivity contribution in [3.05, 3.63) is 46.3 Å². The fourth-order valence-corrected chi connectivity index (χ4v) is 2.39. The largest absolute Gasteiger partial charge is 0.496 e. The van der Waals surface area contributed by atoms with Gasteiger partial charge in [-0.05, 0) is 39.3 Å². The lowest BCUT2D eigenvalue weighted by Gasteiger charge is -2.17. The van der Waals surface area contributed by atoms with Gasteiger partial charge in [0.2, 0.25) is 0 Å². The van der Waals surface area contributed by atoms with Gasteiger partial charge in [-0.2, -0.15) is 5.10 Å². The molecule has 4 heteroatoms. The Hall–Kier alpha value is -1.81. The molecule has 0 aliphatic carbocycles. The summed E-state index contributed by atoms with van der Waals surface area (Å²) in [4.78, 5) is 0. The van der Waals surface area contributed by atoms with E-state index in [0.717, 1.165) is 17.0 Å². The number of aromatic nitrogens is 2. The Kier molecular flexibility index (Phi) is 4.14. The third kappa shape index (κ3) is 2.70. The number of benzene rings is 1. The van der Waals surface area contributed by atoms with Crippen LogP contribution < -0.4 is 10.5 Å². The van der Waals surface area contributed by atoms with Crippen LogP contribution in [0.1, 0.15) is 34.1 Å².